The molecule has 0 amide bonds. The van der Waals surface area contributed by atoms with E-state index in [-0.39, 0.29) is 4.90 Å². The Morgan fingerprint density at radius 3 is 2.38 bits per heavy atom. The summed E-state index contributed by atoms with van der Waals surface area (Å²) in [6.07, 6.45) is 1.74. The third kappa shape index (κ3) is 4.85. The van der Waals surface area contributed by atoms with Gasteiger partial charge in [-0.3, -0.25) is 0 Å². The standard InChI is InChI=1S/C22H25ClN6O2S/c1-15-6-7-24-20(12-15)27-21-14-22(26-17(3)25-21)28-8-10-29(11-9-28)32(30,31)18-5-4-16(2)19(23)13-18/h4-7,12-14H,8-11H2,1-3H3,(H,24,25,26,27). The first-order valence-corrected chi connectivity index (χ1v) is 12.1. The summed E-state index contributed by atoms with van der Waals surface area (Å²) in [5.74, 6) is 2.74. The van der Waals surface area contributed by atoms with E-state index in [0.717, 1.165) is 16.9 Å². The second-order valence-electron chi connectivity index (χ2n) is 7.80. The van der Waals surface area contributed by atoms with E-state index in [1.54, 1.807) is 18.3 Å². The molecule has 1 fully saturated rings. The fraction of sp³-hybridized carbons (Fsp3) is 0.318. The van der Waals surface area contributed by atoms with Gasteiger partial charge in [0.05, 0.1) is 4.90 Å². The van der Waals surface area contributed by atoms with Gasteiger partial charge in [-0.1, -0.05) is 17.7 Å². The summed E-state index contributed by atoms with van der Waals surface area (Å²) >= 11 is 6.14. The van der Waals surface area contributed by atoms with Gasteiger partial charge in [-0.15, -0.1) is 0 Å². The second-order valence-corrected chi connectivity index (χ2v) is 10.1. The van der Waals surface area contributed by atoms with Crippen LogP contribution < -0.4 is 10.2 Å². The van der Waals surface area contributed by atoms with Gasteiger partial charge in [-0.25, -0.2) is 23.4 Å². The lowest BCUT2D eigenvalue weighted by molar-refractivity contribution is 0.383. The number of aryl methyl sites for hydroxylation is 3. The highest BCUT2D eigenvalue weighted by molar-refractivity contribution is 7.89. The summed E-state index contributed by atoms with van der Waals surface area (Å²) in [6, 6.07) is 10.6. The van der Waals surface area contributed by atoms with E-state index in [0.29, 0.717) is 48.7 Å². The molecule has 3 aromatic rings. The van der Waals surface area contributed by atoms with E-state index in [1.807, 2.05) is 39.0 Å². The molecule has 10 heteroatoms. The van der Waals surface area contributed by atoms with Crippen molar-refractivity contribution in [1.29, 1.82) is 0 Å². The van der Waals surface area contributed by atoms with Gasteiger partial charge < -0.3 is 10.2 Å². The smallest absolute Gasteiger partial charge is 0.243 e. The van der Waals surface area contributed by atoms with Crippen molar-refractivity contribution in [1.82, 2.24) is 19.3 Å². The number of rotatable bonds is 5. The minimum absolute atomic E-state index is 0.219. The summed E-state index contributed by atoms with van der Waals surface area (Å²) in [5.41, 5.74) is 1.94. The van der Waals surface area contributed by atoms with Crippen molar-refractivity contribution in [3.63, 3.8) is 0 Å². The Bertz CT molecular complexity index is 1240. The normalized spacial score (nSPS) is 15.1. The molecule has 0 spiro atoms. The molecule has 0 radical (unpaired) electrons. The molecule has 168 valence electrons. The van der Waals surface area contributed by atoms with E-state index >= 15 is 0 Å². The lowest BCUT2D eigenvalue weighted by Gasteiger charge is -2.34. The third-order valence-corrected chi connectivity index (χ3v) is 7.64. The summed E-state index contributed by atoms with van der Waals surface area (Å²) in [6.45, 7) is 7.45. The predicted molar refractivity (Wildman–Crippen MR) is 126 cm³/mol. The molecular weight excluding hydrogens is 448 g/mol. The Hall–Kier alpha value is -2.75. The molecule has 0 saturated carbocycles. The summed E-state index contributed by atoms with van der Waals surface area (Å²) in [4.78, 5) is 15.6. The molecule has 1 N–H and O–H groups in total. The number of anilines is 3. The van der Waals surface area contributed by atoms with Crippen molar-refractivity contribution in [2.75, 3.05) is 36.4 Å². The Kier molecular flexibility index (Phi) is 6.32. The zero-order chi connectivity index (χ0) is 22.9. The third-order valence-electron chi connectivity index (χ3n) is 5.34. The van der Waals surface area contributed by atoms with Crippen LogP contribution in [0.2, 0.25) is 5.02 Å². The molecule has 32 heavy (non-hydrogen) atoms. The van der Waals surface area contributed by atoms with Crippen LogP contribution >= 0.6 is 11.6 Å². The fourth-order valence-corrected chi connectivity index (χ4v) is 5.25. The van der Waals surface area contributed by atoms with E-state index in [4.69, 9.17) is 11.6 Å². The van der Waals surface area contributed by atoms with Gasteiger partial charge in [0, 0.05) is 43.5 Å². The van der Waals surface area contributed by atoms with Crippen LogP contribution in [0, 0.1) is 20.8 Å². The molecule has 8 nitrogen and oxygen atoms in total. The Labute approximate surface area is 193 Å². The number of sulfonamides is 1. The number of nitrogens with one attached hydrogen (secondary N) is 1. The van der Waals surface area contributed by atoms with Gasteiger partial charge in [0.15, 0.2) is 0 Å². The van der Waals surface area contributed by atoms with Crippen molar-refractivity contribution in [2.24, 2.45) is 0 Å². The number of aromatic nitrogens is 3. The van der Waals surface area contributed by atoms with E-state index in [2.05, 4.69) is 25.2 Å². The van der Waals surface area contributed by atoms with Gasteiger partial charge in [-0.05, 0) is 56.2 Å². The van der Waals surface area contributed by atoms with Gasteiger partial charge >= 0.3 is 0 Å². The van der Waals surface area contributed by atoms with Crippen molar-refractivity contribution < 1.29 is 8.42 Å². The minimum Gasteiger partial charge on any atom is -0.354 e. The zero-order valence-corrected chi connectivity index (χ0v) is 19.8. The number of halogens is 1. The van der Waals surface area contributed by atoms with Crippen molar-refractivity contribution in [2.45, 2.75) is 25.7 Å². The number of benzene rings is 1. The molecule has 1 aromatic carbocycles. The van der Waals surface area contributed by atoms with Crippen LogP contribution in [0.1, 0.15) is 17.0 Å². The SMILES string of the molecule is Cc1ccnc(Nc2cc(N3CCN(S(=O)(=O)c4ccc(C)c(Cl)c4)CC3)nc(C)n2)c1. The molecule has 3 heterocycles. The summed E-state index contributed by atoms with van der Waals surface area (Å²) < 4.78 is 27.6. The first-order valence-electron chi connectivity index (χ1n) is 10.3. The average molecular weight is 473 g/mol. The molecule has 4 rings (SSSR count). The molecule has 1 saturated heterocycles. The summed E-state index contributed by atoms with van der Waals surface area (Å²) in [7, 11) is -3.60. The van der Waals surface area contributed by atoms with Crippen LogP contribution in [0.4, 0.5) is 17.5 Å². The number of piperazine rings is 1. The molecule has 0 atom stereocenters. The molecule has 1 aliphatic rings. The highest BCUT2D eigenvalue weighted by Gasteiger charge is 2.29. The average Bonchev–Trinajstić information content (AvgIpc) is 2.75. The van der Waals surface area contributed by atoms with Crippen LogP contribution in [0.5, 0.6) is 0 Å². The highest BCUT2D eigenvalue weighted by atomic mass is 35.5. The number of hydrogen-bond acceptors (Lipinski definition) is 7. The molecule has 1 aliphatic heterocycles. The molecule has 2 aromatic heterocycles. The molecule has 0 bridgehead atoms. The maximum atomic E-state index is 13.0. The van der Waals surface area contributed by atoms with Gasteiger partial charge in [0.1, 0.15) is 23.3 Å². The van der Waals surface area contributed by atoms with Crippen LogP contribution in [-0.4, -0.2) is 53.9 Å². The quantitative estimate of drug-likeness (QED) is 0.605. The van der Waals surface area contributed by atoms with Gasteiger partial charge in [0.25, 0.3) is 0 Å². The van der Waals surface area contributed by atoms with Crippen LogP contribution in [0.3, 0.4) is 0 Å². The summed E-state index contributed by atoms with van der Waals surface area (Å²) in [5, 5.41) is 3.67. The van der Waals surface area contributed by atoms with Crippen LogP contribution in [-0.2, 0) is 10.0 Å². The van der Waals surface area contributed by atoms with E-state index in [1.165, 1.54) is 10.4 Å². The Balaban J connectivity index is 1.48. The Morgan fingerprint density at radius 2 is 1.69 bits per heavy atom. The van der Waals surface area contributed by atoms with Gasteiger partial charge in [-0.2, -0.15) is 4.31 Å². The van der Waals surface area contributed by atoms with E-state index in [9.17, 15) is 8.42 Å². The van der Waals surface area contributed by atoms with Crippen molar-refractivity contribution in [3.05, 3.63) is 64.6 Å². The number of nitrogens with zero attached hydrogens (tertiary/aromatic N) is 5. The maximum absolute atomic E-state index is 13.0. The molecule has 0 aliphatic carbocycles. The number of hydrogen-bond donors (Lipinski definition) is 1. The Morgan fingerprint density at radius 1 is 0.938 bits per heavy atom. The predicted octanol–water partition coefficient (Wildman–Crippen LogP) is 3.70. The topological polar surface area (TPSA) is 91.3 Å². The second kappa shape index (κ2) is 9.01. The van der Waals surface area contributed by atoms with E-state index < -0.39 is 10.0 Å². The first-order chi connectivity index (χ1) is 15.2. The molecule has 0 unspecified atom stereocenters. The van der Waals surface area contributed by atoms with Crippen molar-refractivity contribution in [3.8, 4) is 0 Å². The number of pyridine rings is 1. The van der Waals surface area contributed by atoms with Crippen LogP contribution in [0.25, 0.3) is 0 Å². The first kappa shape index (κ1) is 22.4. The maximum Gasteiger partial charge on any atom is 0.243 e. The van der Waals surface area contributed by atoms with Gasteiger partial charge in [0.2, 0.25) is 10.0 Å². The monoisotopic (exact) mass is 472 g/mol. The zero-order valence-electron chi connectivity index (χ0n) is 18.2. The lowest BCUT2D eigenvalue weighted by Crippen LogP contribution is -2.49. The minimum atomic E-state index is -3.60. The highest BCUT2D eigenvalue weighted by Crippen LogP contribution is 2.25. The fourth-order valence-electron chi connectivity index (χ4n) is 3.55. The van der Waals surface area contributed by atoms with Crippen molar-refractivity contribution >= 4 is 39.1 Å². The molecular formula is C22H25ClN6O2S. The lowest BCUT2D eigenvalue weighted by atomic mass is 10.2. The van der Waals surface area contributed by atoms with Crippen LogP contribution in [0.15, 0.2) is 47.5 Å². The largest absolute Gasteiger partial charge is 0.354 e.